The second-order valence-electron chi connectivity index (χ2n) is 5.25. The molecule has 1 aliphatic heterocycles. The highest BCUT2D eigenvalue weighted by Crippen LogP contribution is 2.53. The summed E-state index contributed by atoms with van der Waals surface area (Å²) < 4.78 is 2.07. The molecule has 2 fully saturated rings. The average molecular weight is 233 g/mol. The van der Waals surface area contributed by atoms with E-state index in [1.54, 1.807) is 0 Å². The van der Waals surface area contributed by atoms with Crippen LogP contribution in [0.5, 0.6) is 0 Å². The minimum Gasteiger partial charge on any atom is -0.355 e. The summed E-state index contributed by atoms with van der Waals surface area (Å²) in [5.74, 6) is 0.593. The molecule has 1 saturated heterocycles. The van der Waals surface area contributed by atoms with Crippen molar-refractivity contribution in [1.82, 2.24) is 15.1 Å². The van der Waals surface area contributed by atoms with Crippen LogP contribution in [0.25, 0.3) is 0 Å². The molecule has 1 saturated carbocycles. The van der Waals surface area contributed by atoms with Crippen LogP contribution >= 0.6 is 0 Å². The summed E-state index contributed by atoms with van der Waals surface area (Å²) in [5.41, 5.74) is 1.14. The van der Waals surface area contributed by atoms with Crippen LogP contribution in [0.2, 0.25) is 0 Å². The van der Waals surface area contributed by atoms with E-state index in [1.807, 2.05) is 6.20 Å². The molecule has 3 rings (SSSR count). The summed E-state index contributed by atoms with van der Waals surface area (Å²) in [6, 6.07) is 2.08. The van der Waals surface area contributed by atoms with Crippen LogP contribution in [-0.4, -0.2) is 22.2 Å². The van der Waals surface area contributed by atoms with Crippen molar-refractivity contribution in [2.45, 2.75) is 45.1 Å². The number of carbonyl (C=O) groups excluding carboxylic acids is 1. The zero-order valence-electron chi connectivity index (χ0n) is 10.3. The molecular formula is C13H19N3O. The molecule has 0 aromatic carbocycles. The first-order valence-corrected chi connectivity index (χ1v) is 6.58. The van der Waals surface area contributed by atoms with E-state index >= 15 is 0 Å². The predicted molar refractivity (Wildman–Crippen MR) is 64.6 cm³/mol. The second kappa shape index (κ2) is 3.86. The minimum atomic E-state index is -0.106. The van der Waals surface area contributed by atoms with Gasteiger partial charge in [-0.1, -0.05) is 13.3 Å². The Hall–Kier alpha value is -1.32. The maximum atomic E-state index is 12.0. The number of aromatic nitrogens is 2. The van der Waals surface area contributed by atoms with Crippen molar-refractivity contribution in [2.75, 3.05) is 6.54 Å². The van der Waals surface area contributed by atoms with Gasteiger partial charge in [0.15, 0.2) is 0 Å². The summed E-state index contributed by atoms with van der Waals surface area (Å²) in [6.45, 7) is 3.89. The highest BCUT2D eigenvalue weighted by atomic mass is 16.2. The quantitative estimate of drug-likeness (QED) is 0.863. The van der Waals surface area contributed by atoms with Gasteiger partial charge < -0.3 is 5.32 Å². The molecule has 4 nitrogen and oxygen atoms in total. The van der Waals surface area contributed by atoms with E-state index in [0.29, 0.717) is 5.92 Å². The zero-order chi connectivity index (χ0) is 11.9. The normalized spacial score (nSPS) is 25.9. The van der Waals surface area contributed by atoms with Crippen LogP contribution < -0.4 is 5.32 Å². The first-order valence-electron chi connectivity index (χ1n) is 6.58. The number of hydrogen-bond donors (Lipinski definition) is 1. The largest absolute Gasteiger partial charge is 0.355 e. The minimum absolute atomic E-state index is 0.106. The molecule has 1 N–H and O–H groups in total. The van der Waals surface area contributed by atoms with Crippen LogP contribution in [0.3, 0.4) is 0 Å². The zero-order valence-corrected chi connectivity index (χ0v) is 10.3. The van der Waals surface area contributed by atoms with E-state index in [0.717, 1.165) is 32.4 Å². The van der Waals surface area contributed by atoms with Gasteiger partial charge in [-0.3, -0.25) is 9.48 Å². The van der Waals surface area contributed by atoms with Crippen LogP contribution in [0.15, 0.2) is 12.3 Å². The van der Waals surface area contributed by atoms with Gasteiger partial charge in [-0.2, -0.15) is 5.10 Å². The summed E-state index contributed by atoms with van der Waals surface area (Å²) in [7, 11) is 0. The maximum absolute atomic E-state index is 12.0. The van der Waals surface area contributed by atoms with Crippen molar-refractivity contribution in [2.24, 2.45) is 5.41 Å². The van der Waals surface area contributed by atoms with E-state index in [4.69, 9.17) is 0 Å². The molecule has 17 heavy (non-hydrogen) atoms. The van der Waals surface area contributed by atoms with Crippen molar-refractivity contribution < 1.29 is 4.79 Å². The van der Waals surface area contributed by atoms with Crippen molar-refractivity contribution in [3.63, 3.8) is 0 Å². The first-order chi connectivity index (χ1) is 8.28. The molecule has 1 atom stereocenters. The van der Waals surface area contributed by atoms with Crippen molar-refractivity contribution in [3.8, 4) is 0 Å². The Balaban J connectivity index is 1.93. The molecule has 0 bridgehead atoms. The van der Waals surface area contributed by atoms with Gasteiger partial charge in [0.05, 0.1) is 5.41 Å². The third kappa shape index (κ3) is 1.43. The Labute approximate surface area is 101 Å². The van der Waals surface area contributed by atoms with E-state index in [9.17, 15) is 4.79 Å². The lowest BCUT2D eigenvalue weighted by Gasteiger charge is -2.40. The molecule has 0 unspecified atom stereocenters. The lowest BCUT2D eigenvalue weighted by Crippen LogP contribution is -2.41. The predicted octanol–water partition coefficient (Wildman–Crippen LogP) is 1.68. The monoisotopic (exact) mass is 233 g/mol. The molecule has 92 valence electrons. The molecule has 1 amide bonds. The smallest absolute Gasteiger partial charge is 0.226 e. The standard InChI is InChI=1S/C13H19N3O/c1-2-8-16-11(4-7-15-16)10-9-14-12(17)13(10)5-3-6-13/h4,7,10H,2-3,5-6,8-9H2,1H3,(H,14,17)/t10-/m0/s1. The topological polar surface area (TPSA) is 46.9 Å². The lowest BCUT2D eigenvalue weighted by atomic mass is 9.61. The summed E-state index contributed by atoms with van der Waals surface area (Å²) >= 11 is 0. The summed E-state index contributed by atoms with van der Waals surface area (Å²) in [5, 5.41) is 7.42. The molecule has 4 heteroatoms. The number of hydrogen-bond acceptors (Lipinski definition) is 2. The fourth-order valence-electron chi connectivity index (χ4n) is 3.28. The summed E-state index contributed by atoms with van der Waals surface area (Å²) in [4.78, 5) is 12.0. The highest BCUT2D eigenvalue weighted by molar-refractivity contribution is 5.87. The Morgan fingerprint density at radius 3 is 3.06 bits per heavy atom. The van der Waals surface area contributed by atoms with Crippen molar-refractivity contribution in [3.05, 3.63) is 18.0 Å². The van der Waals surface area contributed by atoms with E-state index in [-0.39, 0.29) is 11.3 Å². The van der Waals surface area contributed by atoms with E-state index in [2.05, 4.69) is 28.1 Å². The van der Waals surface area contributed by atoms with Crippen molar-refractivity contribution >= 4 is 5.91 Å². The van der Waals surface area contributed by atoms with Gasteiger partial charge in [0.2, 0.25) is 5.91 Å². The average Bonchev–Trinajstić information content (AvgIpc) is 2.81. The van der Waals surface area contributed by atoms with Crippen LogP contribution in [0, 0.1) is 5.41 Å². The number of amides is 1. The van der Waals surface area contributed by atoms with E-state index in [1.165, 1.54) is 12.1 Å². The number of carbonyl (C=O) groups is 1. The van der Waals surface area contributed by atoms with Crippen LogP contribution in [0.4, 0.5) is 0 Å². The van der Waals surface area contributed by atoms with Gasteiger partial charge in [-0.25, -0.2) is 0 Å². The maximum Gasteiger partial charge on any atom is 0.226 e. The fourth-order valence-corrected chi connectivity index (χ4v) is 3.28. The van der Waals surface area contributed by atoms with Gasteiger partial charge in [0, 0.05) is 30.9 Å². The molecule has 1 aromatic rings. The highest BCUT2D eigenvalue weighted by Gasteiger charge is 2.55. The molecule has 0 radical (unpaired) electrons. The number of nitrogens with one attached hydrogen (secondary N) is 1. The number of nitrogens with zero attached hydrogens (tertiary/aromatic N) is 2. The molecule has 2 heterocycles. The van der Waals surface area contributed by atoms with Gasteiger partial charge in [-0.05, 0) is 25.3 Å². The van der Waals surface area contributed by atoms with Crippen LogP contribution in [0.1, 0.15) is 44.2 Å². The first kappa shape index (κ1) is 10.8. The van der Waals surface area contributed by atoms with Crippen LogP contribution in [-0.2, 0) is 11.3 Å². The van der Waals surface area contributed by atoms with Gasteiger partial charge in [-0.15, -0.1) is 0 Å². The summed E-state index contributed by atoms with van der Waals surface area (Å²) in [6.07, 6.45) is 6.21. The van der Waals surface area contributed by atoms with Gasteiger partial charge in [0.1, 0.15) is 0 Å². The Kier molecular flexibility index (Phi) is 2.45. The molecule has 2 aliphatic rings. The SMILES string of the molecule is CCCn1nccc1[C@@H]1CNC(=O)C12CCC2. The third-order valence-corrected chi connectivity index (χ3v) is 4.37. The molecule has 1 aliphatic carbocycles. The Morgan fingerprint density at radius 2 is 2.41 bits per heavy atom. The molecule has 1 aromatic heterocycles. The van der Waals surface area contributed by atoms with Gasteiger partial charge in [0.25, 0.3) is 0 Å². The van der Waals surface area contributed by atoms with E-state index < -0.39 is 0 Å². The van der Waals surface area contributed by atoms with Gasteiger partial charge >= 0.3 is 0 Å². The number of aryl methyl sites for hydroxylation is 1. The fraction of sp³-hybridized carbons (Fsp3) is 0.692. The third-order valence-electron chi connectivity index (χ3n) is 4.37. The molecular weight excluding hydrogens is 214 g/mol. The molecule has 1 spiro atoms. The number of rotatable bonds is 3. The Morgan fingerprint density at radius 1 is 1.59 bits per heavy atom. The Bertz CT molecular complexity index is 434. The second-order valence-corrected chi connectivity index (χ2v) is 5.25. The lowest BCUT2D eigenvalue weighted by molar-refractivity contribution is -0.132. The van der Waals surface area contributed by atoms with Crippen molar-refractivity contribution in [1.29, 1.82) is 0 Å².